The summed E-state index contributed by atoms with van der Waals surface area (Å²) in [5, 5.41) is 6.08. The maximum atomic E-state index is 13.6. The number of benzene rings is 3. The van der Waals surface area contributed by atoms with Gasteiger partial charge in [0.2, 0.25) is 11.8 Å². The van der Waals surface area contributed by atoms with Gasteiger partial charge >= 0.3 is 5.97 Å². The van der Waals surface area contributed by atoms with Crippen LogP contribution < -0.4 is 16.1 Å². The molecule has 3 aromatic carbocycles. The van der Waals surface area contributed by atoms with E-state index in [0.717, 1.165) is 11.1 Å². The first-order valence-corrected chi connectivity index (χ1v) is 15.3. The Labute approximate surface area is 272 Å². The van der Waals surface area contributed by atoms with Gasteiger partial charge in [-0.1, -0.05) is 92.5 Å². The van der Waals surface area contributed by atoms with E-state index in [1.54, 1.807) is 42.5 Å². The summed E-state index contributed by atoms with van der Waals surface area (Å²) in [5.74, 6) is -2.23. The highest BCUT2D eigenvalue weighted by Gasteiger charge is 2.58. The lowest BCUT2D eigenvalue weighted by atomic mass is 9.65. The van der Waals surface area contributed by atoms with Crippen molar-refractivity contribution in [3.05, 3.63) is 99.5 Å². The molecule has 0 unspecified atom stereocenters. The lowest BCUT2D eigenvalue weighted by Crippen LogP contribution is -2.52. The molecule has 4 rings (SSSR count). The van der Waals surface area contributed by atoms with Crippen molar-refractivity contribution in [3.8, 4) is 0 Å². The third kappa shape index (κ3) is 7.66. The van der Waals surface area contributed by atoms with Crippen LogP contribution >= 0.6 is 23.2 Å². The van der Waals surface area contributed by atoms with Gasteiger partial charge in [0.1, 0.15) is 6.04 Å². The number of esters is 1. The molecule has 1 fully saturated rings. The number of hydrogen-bond donors (Lipinski definition) is 3. The Morgan fingerprint density at radius 1 is 0.889 bits per heavy atom. The van der Waals surface area contributed by atoms with E-state index in [9.17, 15) is 19.2 Å². The second kappa shape index (κ2) is 14.5. The predicted octanol–water partition coefficient (Wildman–Crippen LogP) is 6.14. The standard InChI is InChI=1S/C34H37Cl2N3O6/c1-33(2)24(17-18-34(33,3)32(43)39-45-20-22-9-6-5-7-10-22)29(40)38-27(31(42)44-4)19-21-13-15-23(16-14-21)37-30(41)28-25(35)11-8-12-26(28)36/h5-16,24,27H,17-20H2,1-4H3,(H,37,41)(H,38,40)(H,39,43)/t24-,27+,34+/m1/s1. The molecular formula is C34H37Cl2N3O6. The number of anilines is 1. The molecule has 45 heavy (non-hydrogen) atoms. The summed E-state index contributed by atoms with van der Waals surface area (Å²) in [5.41, 5.74) is 3.25. The molecule has 3 amide bonds. The summed E-state index contributed by atoms with van der Waals surface area (Å²) in [7, 11) is 1.26. The second-order valence-corrected chi connectivity index (χ2v) is 12.7. The van der Waals surface area contributed by atoms with Gasteiger partial charge in [-0.15, -0.1) is 0 Å². The van der Waals surface area contributed by atoms with E-state index in [1.807, 2.05) is 51.1 Å². The zero-order valence-corrected chi connectivity index (χ0v) is 27.1. The fourth-order valence-corrected chi connectivity index (χ4v) is 6.28. The summed E-state index contributed by atoms with van der Waals surface area (Å²) in [6, 6.07) is 20.2. The maximum Gasteiger partial charge on any atom is 0.328 e. The van der Waals surface area contributed by atoms with Gasteiger partial charge in [-0.25, -0.2) is 10.3 Å². The number of ether oxygens (including phenoxy) is 1. The molecule has 3 N–H and O–H groups in total. The van der Waals surface area contributed by atoms with Crippen molar-refractivity contribution in [2.24, 2.45) is 16.7 Å². The van der Waals surface area contributed by atoms with E-state index in [1.165, 1.54) is 7.11 Å². The number of rotatable bonds is 11. The minimum absolute atomic E-state index is 0.154. The van der Waals surface area contributed by atoms with Crippen LogP contribution in [-0.4, -0.2) is 36.8 Å². The van der Waals surface area contributed by atoms with Crippen molar-refractivity contribution in [2.75, 3.05) is 12.4 Å². The Hall–Kier alpha value is -3.92. The molecule has 0 bridgehead atoms. The molecule has 9 nitrogen and oxygen atoms in total. The van der Waals surface area contributed by atoms with E-state index in [2.05, 4.69) is 16.1 Å². The number of amides is 3. The number of halogens is 2. The van der Waals surface area contributed by atoms with Crippen molar-refractivity contribution in [1.82, 2.24) is 10.8 Å². The van der Waals surface area contributed by atoms with Crippen molar-refractivity contribution in [1.29, 1.82) is 0 Å². The van der Waals surface area contributed by atoms with Gasteiger partial charge in [-0.3, -0.25) is 19.2 Å². The summed E-state index contributed by atoms with van der Waals surface area (Å²) in [6.45, 7) is 5.82. The van der Waals surface area contributed by atoms with Crippen molar-refractivity contribution < 1.29 is 28.8 Å². The summed E-state index contributed by atoms with van der Waals surface area (Å²) < 4.78 is 4.99. The molecule has 1 aliphatic rings. The molecule has 238 valence electrons. The fraction of sp³-hybridized carbons (Fsp3) is 0.353. The van der Waals surface area contributed by atoms with Crippen LogP contribution in [0.3, 0.4) is 0 Å². The van der Waals surface area contributed by atoms with Crippen LogP contribution in [0, 0.1) is 16.7 Å². The van der Waals surface area contributed by atoms with Crippen molar-refractivity contribution in [3.63, 3.8) is 0 Å². The molecule has 3 aromatic rings. The smallest absolute Gasteiger partial charge is 0.328 e. The Kier molecular flexibility index (Phi) is 10.9. The van der Waals surface area contributed by atoms with Crippen LogP contribution in [0.2, 0.25) is 10.0 Å². The van der Waals surface area contributed by atoms with E-state index in [-0.39, 0.29) is 40.5 Å². The topological polar surface area (TPSA) is 123 Å². The molecule has 3 atom stereocenters. The summed E-state index contributed by atoms with van der Waals surface area (Å²) in [6.07, 6.45) is 1.08. The molecule has 0 aromatic heterocycles. The molecule has 0 aliphatic heterocycles. The predicted molar refractivity (Wildman–Crippen MR) is 172 cm³/mol. The third-order valence-corrected chi connectivity index (χ3v) is 9.56. The van der Waals surface area contributed by atoms with E-state index >= 15 is 0 Å². The van der Waals surface area contributed by atoms with Gasteiger partial charge in [-0.05, 0) is 53.6 Å². The van der Waals surface area contributed by atoms with Crippen molar-refractivity contribution >= 4 is 52.6 Å². The first kappa shape index (κ1) is 34.0. The Morgan fingerprint density at radius 3 is 2.16 bits per heavy atom. The lowest BCUT2D eigenvalue weighted by molar-refractivity contribution is -0.152. The molecule has 0 saturated heterocycles. The number of hydroxylamine groups is 1. The van der Waals surface area contributed by atoms with Crippen LogP contribution in [0.15, 0.2) is 72.8 Å². The van der Waals surface area contributed by atoms with Gasteiger partial charge in [0.05, 0.1) is 34.7 Å². The Balaban J connectivity index is 1.38. The SMILES string of the molecule is COC(=O)[C@H](Cc1ccc(NC(=O)c2c(Cl)cccc2Cl)cc1)NC(=O)[C@H]1CC[C@@](C)(C(=O)NOCc2ccccc2)C1(C)C. The van der Waals surface area contributed by atoms with Gasteiger partial charge in [0.25, 0.3) is 5.91 Å². The van der Waals surface area contributed by atoms with Crippen LogP contribution in [0.25, 0.3) is 0 Å². The van der Waals surface area contributed by atoms with Crippen LogP contribution in [0.5, 0.6) is 0 Å². The first-order valence-electron chi connectivity index (χ1n) is 14.6. The minimum Gasteiger partial charge on any atom is -0.467 e. The quantitative estimate of drug-likeness (QED) is 0.169. The largest absolute Gasteiger partial charge is 0.467 e. The number of nitrogens with one attached hydrogen (secondary N) is 3. The van der Waals surface area contributed by atoms with Crippen LogP contribution in [-0.2, 0) is 37.0 Å². The number of hydrogen-bond acceptors (Lipinski definition) is 6. The number of carbonyl (C=O) groups excluding carboxylic acids is 4. The monoisotopic (exact) mass is 653 g/mol. The maximum absolute atomic E-state index is 13.6. The number of methoxy groups -OCH3 is 1. The van der Waals surface area contributed by atoms with E-state index in [0.29, 0.717) is 18.5 Å². The Morgan fingerprint density at radius 2 is 1.53 bits per heavy atom. The normalized spacial score (nSPS) is 19.3. The van der Waals surface area contributed by atoms with Crippen LogP contribution in [0.4, 0.5) is 5.69 Å². The van der Waals surface area contributed by atoms with Crippen molar-refractivity contribution in [2.45, 2.75) is 52.7 Å². The molecule has 0 heterocycles. The molecule has 0 radical (unpaired) electrons. The van der Waals surface area contributed by atoms with E-state index in [4.69, 9.17) is 32.8 Å². The Bertz CT molecular complexity index is 1530. The molecule has 1 aliphatic carbocycles. The average molecular weight is 655 g/mol. The lowest BCUT2D eigenvalue weighted by Gasteiger charge is -2.39. The first-order chi connectivity index (χ1) is 21.4. The highest BCUT2D eigenvalue weighted by atomic mass is 35.5. The summed E-state index contributed by atoms with van der Waals surface area (Å²) >= 11 is 12.3. The van der Waals surface area contributed by atoms with Gasteiger partial charge < -0.3 is 15.4 Å². The highest BCUT2D eigenvalue weighted by Crippen LogP contribution is 2.56. The average Bonchev–Trinajstić information content (AvgIpc) is 3.26. The fourth-order valence-electron chi connectivity index (χ4n) is 5.71. The summed E-state index contributed by atoms with van der Waals surface area (Å²) in [4.78, 5) is 57.8. The zero-order chi connectivity index (χ0) is 32.8. The molecule has 11 heteroatoms. The highest BCUT2D eigenvalue weighted by molar-refractivity contribution is 6.40. The number of carbonyl (C=O) groups is 4. The molecular weight excluding hydrogens is 617 g/mol. The molecule has 1 saturated carbocycles. The van der Waals surface area contributed by atoms with Crippen LogP contribution in [0.1, 0.15) is 55.1 Å². The second-order valence-electron chi connectivity index (χ2n) is 11.9. The molecule has 0 spiro atoms. The van der Waals surface area contributed by atoms with E-state index < -0.39 is 34.7 Å². The minimum atomic E-state index is -0.962. The van der Waals surface area contributed by atoms with Gasteiger partial charge in [0.15, 0.2) is 0 Å². The third-order valence-electron chi connectivity index (χ3n) is 8.93. The zero-order valence-electron chi connectivity index (χ0n) is 25.6. The van der Waals surface area contributed by atoms with Gasteiger partial charge in [0, 0.05) is 18.0 Å². The van der Waals surface area contributed by atoms with Gasteiger partial charge in [-0.2, -0.15) is 0 Å².